The lowest BCUT2D eigenvalue weighted by Gasteiger charge is -2.12. The number of halogens is 4. The Morgan fingerprint density at radius 3 is 2.55 bits per heavy atom. The molecule has 3 aromatic heterocycles. The van der Waals surface area contributed by atoms with Gasteiger partial charge in [0.15, 0.2) is 10.8 Å². The Kier molecular flexibility index (Phi) is 5.15. The van der Waals surface area contributed by atoms with Crippen LogP contribution in [0, 0.1) is 0 Å². The summed E-state index contributed by atoms with van der Waals surface area (Å²) in [6.07, 6.45) is -3.88. The Balaban J connectivity index is 1.64. The zero-order chi connectivity index (χ0) is 20.6. The van der Waals surface area contributed by atoms with Gasteiger partial charge in [0.1, 0.15) is 0 Å². The Morgan fingerprint density at radius 1 is 1.14 bits per heavy atom. The van der Waals surface area contributed by atoms with Gasteiger partial charge in [-0.05, 0) is 24.3 Å². The lowest BCUT2D eigenvalue weighted by molar-refractivity contribution is -0.143. The number of rotatable bonds is 4. The highest BCUT2D eigenvalue weighted by Gasteiger charge is 2.40. The smallest absolute Gasteiger partial charge is 0.298 e. The molecule has 0 fully saturated rings. The summed E-state index contributed by atoms with van der Waals surface area (Å²) in [6, 6.07) is 11.3. The van der Waals surface area contributed by atoms with E-state index in [9.17, 15) is 18.0 Å². The summed E-state index contributed by atoms with van der Waals surface area (Å²) in [5.41, 5.74) is -0.955. The highest BCUT2D eigenvalue weighted by molar-refractivity contribution is 7.20. The number of benzene rings is 1. The Morgan fingerprint density at radius 2 is 1.90 bits per heavy atom. The lowest BCUT2D eigenvalue weighted by atomic mass is 10.2. The normalized spacial score (nSPS) is 11.6. The molecule has 0 aliphatic carbocycles. The second-order valence-electron chi connectivity index (χ2n) is 5.75. The van der Waals surface area contributed by atoms with Gasteiger partial charge in [-0.15, -0.1) is 22.7 Å². The summed E-state index contributed by atoms with van der Waals surface area (Å²) in [5, 5.41) is 8.06. The SMILES string of the molecule is O=C(Nc1nc(-c2ccc(Cl)s2)cs1)c1cnn(-c2ccccc2)c1C(F)(F)F. The number of carbonyl (C=O) groups is 1. The molecule has 0 unspecified atom stereocenters. The largest absolute Gasteiger partial charge is 0.434 e. The molecule has 4 rings (SSSR count). The monoisotopic (exact) mass is 454 g/mol. The Labute approximate surface area is 175 Å². The fourth-order valence-corrected chi connectivity index (χ4v) is 4.40. The van der Waals surface area contributed by atoms with Gasteiger partial charge in [-0.25, -0.2) is 9.67 Å². The molecule has 0 radical (unpaired) electrons. The molecule has 0 bridgehead atoms. The van der Waals surface area contributed by atoms with Gasteiger partial charge in [-0.2, -0.15) is 18.3 Å². The van der Waals surface area contributed by atoms with Crippen LogP contribution in [0.5, 0.6) is 0 Å². The molecule has 0 saturated carbocycles. The molecule has 0 aliphatic heterocycles. The average Bonchev–Trinajstić information content (AvgIpc) is 3.40. The molecule has 3 heterocycles. The Bertz CT molecular complexity index is 1170. The summed E-state index contributed by atoms with van der Waals surface area (Å²) in [5.74, 6) is -0.940. The van der Waals surface area contributed by atoms with E-state index in [1.54, 1.807) is 35.7 Å². The maximum atomic E-state index is 13.7. The third-order valence-electron chi connectivity index (χ3n) is 3.83. The molecule has 29 heavy (non-hydrogen) atoms. The van der Waals surface area contributed by atoms with Crippen molar-refractivity contribution < 1.29 is 18.0 Å². The molecule has 1 aromatic carbocycles. The van der Waals surface area contributed by atoms with Crippen LogP contribution in [0.3, 0.4) is 0 Å². The number of thiophene rings is 1. The van der Waals surface area contributed by atoms with Crippen molar-refractivity contribution in [3.63, 3.8) is 0 Å². The minimum Gasteiger partial charge on any atom is -0.298 e. The lowest BCUT2D eigenvalue weighted by Crippen LogP contribution is -2.20. The first-order valence-electron chi connectivity index (χ1n) is 8.06. The van der Waals surface area contributed by atoms with E-state index in [-0.39, 0.29) is 10.8 Å². The molecule has 148 valence electrons. The predicted molar refractivity (Wildman–Crippen MR) is 107 cm³/mol. The molecule has 1 amide bonds. The van der Waals surface area contributed by atoms with Crippen molar-refractivity contribution in [2.75, 3.05) is 5.32 Å². The number of nitrogens with zero attached hydrogens (tertiary/aromatic N) is 3. The third-order valence-corrected chi connectivity index (χ3v) is 5.84. The van der Waals surface area contributed by atoms with Crippen LogP contribution >= 0.6 is 34.3 Å². The second kappa shape index (κ2) is 7.62. The van der Waals surface area contributed by atoms with Gasteiger partial charge in [0, 0.05) is 5.38 Å². The number of anilines is 1. The number of aromatic nitrogens is 3. The zero-order valence-corrected chi connectivity index (χ0v) is 16.7. The summed E-state index contributed by atoms with van der Waals surface area (Å²) in [7, 11) is 0. The van der Waals surface area contributed by atoms with Crippen molar-refractivity contribution in [2.24, 2.45) is 0 Å². The van der Waals surface area contributed by atoms with Gasteiger partial charge in [0.05, 0.1) is 32.4 Å². The molecule has 0 aliphatic rings. The van der Waals surface area contributed by atoms with E-state index in [2.05, 4.69) is 15.4 Å². The van der Waals surface area contributed by atoms with E-state index >= 15 is 0 Å². The number of amides is 1. The van der Waals surface area contributed by atoms with E-state index in [0.717, 1.165) is 22.4 Å². The standard InChI is InChI=1S/C18H10ClF3N4OS2/c19-14-7-6-13(29-14)12-9-28-17(24-12)25-16(27)11-8-23-26(15(11)18(20,21)22)10-4-2-1-3-5-10/h1-9H,(H,24,25,27). The van der Waals surface area contributed by atoms with E-state index < -0.39 is 23.3 Å². The molecular formula is C18H10ClF3N4OS2. The van der Waals surface area contributed by atoms with Gasteiger partial charge in [0.2, 0.25) is 0 Å². The number of para-hydroxylation sites is 1. The van der Waals surface area contributed by atoms with Gasteiger partial charge in [-0.1, -0.05) is 29.8 Å². The van der Waals surface area contributed by atoms with Crippen molar-refractivity contribution in [1.82, 2.24) is 14.8 Å². The first-order valence-corrected chi connectivity index (χ1v) is 10.1. The van der Waals surface area contributed by atoms with E-state index in [0.29, 0.717) is 14.7 Å². The summed E-state index contributed by atoms with van der Waals surface area (Å²) < 4.78 is 42.4. The predicted octanol–water partition coefficient (Wildman–Crippen LogP) is 5.98. The molecule has 0 saturated heterocycles. The molecule has 1 N–H and O–H groups in total. The summed E-state index contributed by atoms with van der Waals surface area (Å²) in [4.78, 5) is 17.6. The van der Waals surface area contributed by atoms with Gasteiger partial charge >= 0.3 is 6.18 Å². The number of nitrogens with one attached hydrogen (secondary N) is 1. The van der Waals surface area contributed by atoms with Crippen LogP contribution in [0.25, 0.3) is 16.3 Å². The van der Waals surface area contributed by atoms with Gasteiger partial charge in [0.25, 0.3) is 5.91 Å². The highest BCUT2D eigenvalue weighted by Crippen LogP contribution is 2.35. The molecule has 0 spiro atoms. The second-order valence-corrected chi connectivity index (χ2v) is 8.32. The number of carbonyl (C=O) groups excluding carboxylic acids is 1. The van der Waals surface area contributed by atoms with Crippen molar-refractivity contribution in [2.45, 2.75) is 6.18 Å². The van der Waals surface area contributed by atoms with Crippen LogP contribution in [0.4, 0.5) is 18.3 Å². The average molecular weight is 455 g/mol. The van der Waals surface area contributed by atoms with E-state index in [4.69, 9.17) is 11.6 Å². The number of alkyl halides is 3. The number of thiazole rings is 1. The summed E-state index contributed by atoms with van der Waals surface area (Å²) >= 11 is 8.32. The molecular weight excluding hydrogens is 445 g/mol. The molecule has 0 atom stereocenters. The number of hydrogen-bond acceptors (Lipinski definition) is 5. The van der Waals surface area contributed by atoms with E-state index in [1.807, 2.05) is 0 Å². The van der Waals surface area contributed by atoms with E-state index in [1.165, 1.54) is 23.5 Å². The molecule has 5 nitrogen and oxygen atoms in total. The maximum Gasteiger partial charge on any atom is 0.434 e. The number of hydrogen-bond donors (Lipinski definition) is 1. The van der Waals surface area contributed by atoms with Gasteiger partial charge in [-0.3, -0.25) is 10.1 Å². The minimum absolute atomic E-state index is 0.176. The molecule has 11 heteroatoms. The highest BCUT2D eigenvalue weighted by atomic mass is 35.5. The maximum absolute atomic E-state index is 13.7. The first kappa shape index (κ1) is 19.6. The van der Waals surface area contributed by atoms with Crippen LogP contribution in [0.1, 0.15) is 16.1 Å². The fourth-order valence-electron chi connectivity index (χ4n) is 2.61. The van der Waals surface area contributed by atoms with Crippen LogP contribution in [-0.4, -0.2) is 20.7 Å². The van der Waals surface area contributed by atoms with Crippen molar-refractivity contribution >= 4 is 45.3 Å². The van der Waals surface area contributed by atoms with Crippen LogP contribution in [0.15, 0.2) is 54.0 Å². The summed E-state index contributed by atoms with van der Waals surface area (Å²) in [6.45, 7) is 0. The topological polar surface area (TPSA) is 59.8 Å². The fraction of sp³-hybridized carbons (Fsp3) is 0.0556. The van der Waals surface area contributed by atoms with Crippen molar-refractivity contribution in [3.8, 4) is 16.3 Å². The minimum atomic E-state index is -4.78. The van der Waals surface area contributed by atoms with Crippen LogP contribution in [0.2, 0.25) is 4.34 Å². The van der Waals surface area contributed by atoms with Crippen LogP contribution < -0.4 is 5.32 Å². The van der Waals surface area contributed by atoms with Gasteiger partial charge < -0.3 is 0 Å². The molecule has 4 aromatic rings. The third kappa shape index (κ3) is 4.04. The van der Waals surface area contributed by atoms with Crippen LogP contribution in [-0.2, 0) is 6.18 Å². The van der Waals surface area contributed by atoms with Crippen molar-refractivity contribution in [1.29, 1.82) is 0 Å². The zero-order valence-electron chi connectivity index (χ0n) is 14.3. The van der Waals surface area contributed by atoms with Crippen molar-refractivity contribution in [3.05, 3.63) is 69.6 Å². The quantitative estimate of drug-likeness (QED) is 0.412. The first-order chi connectivity index (χ1) is 13.8. The Hall–Kier alpha value is -2.69.